The van der Waals surface area contributed by atoms with E-state index in [2.05, 4.69) is 12.2 Å². The van der Waals surface area contributed by atoms with Gasteiger partial charge in [-0.1, -0.05) is 32.3 Å². The number of rotatable bonds is 4. The van der Waals surface area contributed by atoms with Gasteiger partial charge in [-0.25, -0.2) is 4.79 Å². The molecule has 0 spiro atoms. The number of amides is 1. The molecule has 0 bridgehead atoms. The number of carbonyl (C=O) groups is 2. The lowest BCUT2D eigenvalue weighted by Crippen LogP contribution is -2.37. The maximum Gasteiger partial charge on any atom is 0.335 e. The molecule has 0 unspecified atom stereocenters. The predicted octanol–water partition coefficient (Wildman–Crippen LogP) is 3.09. The van der Waals surface area contributed by atoms with Gasteiger partial charge in [-0.15, -0.1) is 0 Å². The number of hydrogen-bond acceptors (Lipinski definition) is 2. The molecule has 20 heavy (non-hydrogen) atoms. The van der Waals surface area contributed by atoms with E-state index < -0.39 is 5.97 Å². The molecule has 0 aromatic heterocycles. The smallest absolute Gasteiger partial charge is 0.335 e. The van der Waals surface area contributed by atoms with Crippen LogP contribution in [0, 0.1) is 5.41 Å². The number of aromatic carboxylic acids is 1. The van der Waals surface area contributed by atoms with E-state index in [4.69, 9.17) is 5.11 Å². The van der Waals surface area contributed by atoms with Crippen LogP contribution in [0.5, 0.6) is 0 Å². The number of nitrogens with one attached hydrogen (secondary N) is 1. The molecule has 1 saturated carbocycles. The first kappa shape index (κ1) is 14.6. The first-order valence-corrected chi connectivity index (χ1v) is 7.12. The van der Waals surface area contributed by atoms with Gasteiger partial charge >= 0.3 is 5.97 Å². The fourth-order valence-electron chi connectivity index (χ4n) is 2.77. The van der Waals surface area contributed by atoms with E-state index in [0.29, 0.717) is 12.1 Å². The second-order valence-corrected chi connectivity index (χ2v) is 5.94. The van der Waals surface area contributed by atoms with Crippen molar-refractivity contribution in [2.45, 2.75) is 39.0 Å². The van der Waals surface area contributed by atoms with E-state index in [0.717, 1.165) is 12.8 Å². The van der Waals surface area contributed by atoms with Gasteiger partial charge in [0.15, 0.2) is 0 Å². The fourth-order valence-corrected chi connectivity index (χ4v) is 2.77. The van der Waals surface area contributed by atoms with Gasteiger partial charge in [0.2, 0.25) is 0 Å². The Kier molecular flexibility index (Phi) is 4.42. The highest BCUT2D eigenvalue weighted by molar-refractivity contribution is 5.97. The lowest BCUT2D eigenvalue weighted by molar-refractivity contribution is 0.0697. The molecule has 1 aromatic rings. The summed E-state index contributed by atoms with van der Waals surface area (Å²) >= 11 is 0. The molecule has 1 amide bonds. The van der Waals surface area contributed by atoms with Crippen LogP contribution in [-0.4, -0.2) is 23.5 Å². The third kappa shape index (κ3) is 3.59. The van der Waals surface area contributed by atoms with Crippen molar-refractivity contribution in [1.29, 1.82) is 0 Å². The Morgan fingerprint density at radius 1 is 1.20 bits per heavy atom. The summed E-state index contributed by atoms with van der Waals surface area (Å²) in [5.41, 5.74) is 0.726. The normalized spacial score (nSPS) is 17.4. The van der Waals surface area contributed by atoms with Crippen LogP contribution in [0.3, 0.4) is 0 Å². The molecule has 0 aliphatic heterocycles. The van der Waals surface area contributed by atoms with E-state index in [-0.39, 0.29) is 16.9 Å². The minimum atomic E-state index is -1.01. The predicted molar refractivity (Wildman–Crippen MR) is 76.9 cm³/mol. The zero-order valence-electron chi connectivity index (χ0n) is 11.8. The molecule has 1 aromatic carbocycles. The van der Waals surface area contributed by atoms with Crippen LogP contribution in [0.2, 0.25) is 0 Å². The summed E-state index contributed by atoms with van der Waals surface area (Å²) < 4.78 is 0. The zero-order chi connectivity index (χ0) is 14.6. The van der Waals surface area contributed by atoms with Gasteiger partial charge in [-0.3, -0.25) is 4.79 Å². The maximum absolute atomic E-state index is 12.1. The topological polar surface area (TPSA) is 66.4 Å². The van der Waals surface area contributed by atoms with Crippen molar-refractivity contribution >= 4 is 11.9 Å². The minimum Gasteiger partial charge on any atom is -0.478 e. The lowest BCUT2D eigenvalue weighted by Gasteiger charge is -2.33. The van der Waals surface area contributed by atoms with Gasteiger partial charge in [0, 0.05) is 12.1 Å². The molecule has 0 saturated heterocycles. The summed E-state index contributed by atoms with van der Waals surface area (Å²) in [7, 11) is 0. The second-order valence-electron chi connectivity index (χ2n) is 5.94. The summed E-state index contributed by atoms with van der Waals surface area (Å²) in [6.45, 7) is 2.86. The van der Waals surface area contributed by atoms with E-state index in [1.165, 1.54) is 31.4 Å². The van der Waals surface area contributed by atoms with Crippen LogP contribution in [0.15, 0.2) is 24.3 Å². The quantitative estimate of drug-likeness (QED) is 0.887. The Hall–Kier alpha value is -1.84. The molecule has 0 radical (unpaired) electrons. The first-order chi connectivity index (χ1) is 9.50. The molecule has 0 atom stereocenters. The Morgan fingerprint density at radius 3 is 2.50 bits per heavy atom. The molecule has 1 fully saturated rings. The van der Waals surface area contributed by atoms with Gasteiger partial charge in [0.25, 0.3) is 5.91 Å². The van der Waals surface area contributed by atoms with Crippen LogP contribution < -0.4 is 5.32 Å². The highest BCUT2D eigenvalue weighted by Gasteiger charge is 2.27. The average molecular weight is 275 g/mol. The molecule has 2 rings (SSSR count). The fraction of sp³-hybridized carbons (Fsp3) is 0.500. The highest BCUT2D eigenvalue weighted by Crippen LogP contribution is 2.34. The summed E-state index contributed by atoms with van der Waals surface area (Å²) in [5.74, 6) is -1.21. The Labute approximate surface area is 119 Å². The molecular weight excluding hydrogens is 254 g/mol. The zero-order valence-corrected chi connectivity index (χ0v) is 11.8. The van der Waals surface area contributed by atoms with Crippen molar-refractivity contribution < 1.29 is 14.7 Å². The van der Waals surface area contributed by atoms with E-state index >= 15 is 0 Å². The number of carboxylic acids is 1. The van der Waals surface area contributed by atoms with Crippen molar-refractivity contribution in [1.82, 2.24) is 5.32 Å². The standard InChI is InChI=1S/C16H21NO3/c1-16(8-3-2-4-9-16)11-17-14(18)12-6-5-7-13(10-12)15(19)20/h5-7,10H,2-4,8-9,11H2,1H3,(H,17,18)(H,19,20). The first-order valence-electron chi connectivity index (χ1n) is 7.12. The number of hydrogen-bond donors (Lipinski definition) is 2. The van der Waals surface area contributed by atoms with Crippen LogP contribution in [-0.2, 0) is 0 Å². The largest absolute Gasteiger partial charge is 0.478 e. The Morgan fingerprint density at radius 2 is 1.85 bits per heavy atom. The summed E-state index contributed by atoms with van der Waals surface area (Å²) in [6.07, 6.45) is 6.01. The van der Waals surface area contributed by atoms with E-state index in [1.807, 2.05) is 0 Å². The number of carboxylic acid groups (broad SMARTS) is 1. The molecule has 2 N–H and O–H groups in total. The molecule has 1 aliphatic rings. The molecule has 108 valence electrons. The summed E-state index contributed by atoms with van der Waals surface area (Å²) in [5, 5.41) is 11.9. The van der Waals surface area contributed by atoms with E-state index in [9.17, 15) is 9.59 Å². The summed E-state index contributed by atoms with van der Waals surface area (Å²) in [6, 6.07) is 6.15. The van der Waals surface area contributed by atoms with Crippen LogP contribution in [0.4, 0.5) is 0 Å². The van der Waals surface area contributed by atoms with Crippen LogP contribution in [0.25, 0.3) is 0 Å². The Bertz CT molecular complexity index is 504. The highest BCUT2D eigenvalue weighted by atomic mass is 16.4. The monoisotopic (exact) mass is 275 g/mol. The molecule has 1 aliphatic carbocycles. The third-order valence-electron chi connectivity index (χ3n) is 4.11. The van der Waals surface area contributed by atoms with Crippen molar-refractivity contribution in [3.05, 3.63) is 35.4 Å². The lowest BCUT2D eigenvalue weighted by atomic mass is 9.76. The van der Waals surface area contributed by atoms with Crippen molar-refractivity contribution in [2.75, 3.05) is 6.54 Å². The SMILES string of the molecule is CC1(CNC(=O)c2cccc(C(=O)O)c2)CCCCC1. The average Bonchev–Trinajstić information content (AvgIpc) is 2.46. The molecule has 0 heterocycles. The van der Waals surface area contributed by atoms with Gasteiger partial charge in [0.05, 0.1) is 5.56 Å². The van der Waals surface area contributed by atoms with Crippen LogP contribution >= 0.6 is 0 Å². The van der Waals surface area contributed by atoms with Gasteiger partial charge in [-0.05, 0) is 36.5 Å². The van der Waals surface area contributed by atoms with Gasteiger partial charge in [-0.2, -0.15) is 0 Å². The molecule has 4 nitrogen and oxygen atoms in total. The van der Waals surface area contributed by atoms with Gasteiger partial charge in [0.1, 0.15) is 0 Å². The van der Waals surface area contributed by atoms with E-state index in [1.54, 1.807) is 12.1 Å². The van der Waals surface area contributed by atoms with Crippen molar-refractivity contribution in [3.63, 3.8) is 0 Å². The second kappa shape index (κ2) is 6.07. The van der Waals surface area contributed by atoms with Crippen molar-refractivity contribution in [3.8, 4) is 0 Å². The molecule has 4 heteroatoms. The van der Waals surface area contributed by atoms with Crippen molar-refractivity contribution in [2.24, 2.45) is 5.41 Å². The number of benzene rings is 1. The van der Waals surface area contributed by atoms with Crippen LogP contribution in [0.1, 0.15) is 59.7 Å². The Balaban J connectivity index is 1.98. The number of carbonyl (C=O) groups excluding carboxylic acids is 1. The maximum atomic E-state index is 12.1. The summed E-state index contributed by atoms with van der Waals surface area (Å²) in [4.78, 5) is 23.0. The minimum absolute atomic E-state index is 0.140. The third-order valence-corrected chi connectivity index (χ3v) is 4.11. The van der Waals surface area contributed by atoms with Gasteiger partial charge < -0.3 is 10.4 Å². The molecular formula is C16H21NO3.